The molecule has 0 amide bonds. The lowest BCUT2D eigenvalue weighted by Crippen LogP contribution is -2.29. The van der Waals surface area contributed by atoms with Crippen molar-refractivity contribution in [2.45, 2.75) is 25.5 Å². The highest BCUT2D eigenvalue weighted by atomic mass is 79.9. The van der Waals surface area contributed by atoms with Crippen molar-refractivity contribution < 1.29 is 18.6 Å². The summed E-state index contributed by atoms with van der Waals surface area (Å²) in [4.78, 5) is 0. The smallest absolute Gasteiger partial charge is 0.174 e. The Morgan fingerprint density at radius 2 is 2.15 bits per heavy atom. The third kappa shape index (κ3) is 2.95. The number of nitrogens with one attached hydrogen (secondary N) is 1. The first-order valence-corrected chi connectivity index (χ1v) is 9.59. The molecule has 2 aromatic rings. The monoisotopic (exact) mass is 421 g/mol. The van der Waals surface area contributed by atoms with Crippen molar-refractivity contribution in [2.75, 3.05) is 25.6 Å². The molecule has 2 aliphatic heterocycles. The lowest BCUT2D eigenvalue weighted by Gasteiger charge is -2.36. The quantitative estimate of drug-likeness (QED) is 0.732. The molecule has 0 spiro atoms. The van der Waals surface area contributed by atoms with E-state index in [1.54, 1.807) is 19.2 Å². The van der Waals surface area contributed by atoms with Gasteiger partial charge in [0.2, 0.25) is 0 Å². The molecular formula is C20H21BrFNO3. The molecule has 2 aromatic carbocycles. The highest BCUT2D eigenvalue weighted by Crippen LogP contribution is 2.51. The van der Waals surface area contributed by atoms with E-state index in [2.05, 4.69) is 27.3 Å². The van der Waals surface area contributed by atoms with Gasteiger partial charge in [-0.25, -0.2) is 4.39 Å². The zero-order valence-corrected chi connectivity index (χ0v) is 16.3. The van der Waals surface area contributed by atoms with Gasteiger partial charge in [0.25, 0.3) is 0 Å². The van der Waals surface area contributed by atoms with E-state index in [1.165, 1.54) is 6.07 Å². The maximum Gasteiger partial charge on any atom is 0.174 e. The van der Waals surface area contributed by atoms with Crippen LogP contribution >= 0.6 is 15.9 Å². The molecule has 0 radical (unpaired) electrons. The third-order valence-electron chi connectivity index (χ3n) is 5.09. The van der Waals surface area contributed by atoms with Crippen LogP contribution in [0.1, 0.15) is 36.6 Å². The van der Waals surface area contributed by atoms with Crippen LogP contribution in [0.3, 0.4) is 0 Å². The second-order valence-corrected chi connectivity index (χ2v) is 7.42. The molecule has 0 aliphatic carbocycles. The molecule has 0 saturated carbocycles. The molecule has 4 rings (SSSR count). The minimum atomic E-state index is -0.232. The van der Waals surface area contributed by atoms with E-state index < -0.39 is 0 Å². The zero-order valence-electron chi connectivity index (χ0n) is 14.7. The van der Waals surface area contributed by atoms with Crippen molar-refractivity contribution in [3.05, 3.63) is 51.7 Å². The number of methoxy groups -OCH3 is 1. The van der Waals surface area contributed by atoms with Gasteiger partial charge in [-0.1, -0.05) is 0 Å². The first kappa shape index (κ1) is 17.6. The third-order valence-corrected chi connectivity index (χ3v) is 5.68. The molecular weight excluding hydrogens is 401 g/mol. The van der Waals surface area contributed by atoms with Crippen molar-refractivity contribution in [2.24, 2.45) is 5.92 Å². The van der Waals surface area contributed by atoms with Crippen LogP contribution in [0.2, 0.25) is 0 Å². The molecule has 0 unspecified atom stereocenters. The Bertz CT molecular complexity index is 829. The lowest BCUT2D eigenvalue weighted by molar-refractivity contribution is 0.0826. The van der Waals surface area contributed by atoms with Gasteiger partial charge < -0.3 is 19.5 Å². The van der Waals surface area contributed by atoms with Crippen molar-refractivity contribution in [3.63, 3.8) is 0 Å². The Kier molecular flexibility index (Phi) is 4.80. The number of halogens is 2. The number of hydrogen-bond donors (Lipinski definition) is 1. The second kappa shape index (κ2) is 7.08. The summed E-state index contributed by atoms with van der Waals surface area (Å²) < 4.78 is 31.8. The summed E-state index contributed by atoms with van der Waals surface area (Å²) >= 11 is 3.60. The minimum absolute atomic E-state index is 0.0573. The number of ether oxygens (including phenoxy) is 3. The predicted octanol–water partition coefficient (Wildman–Crippen LogP) is 5.24. The Labute approximate surface area is 160 Å². The van der Waals surface area contributed by atoms with Gasteiger partial charge in [0, 0.05) is 23.8 Å². The van der Waals surface area contributed by atoms with Crippen molar-refractivity contribution in [1.82, 2.24) is 0 Å². The number of benzene rings is 2. The Balaban J connectivity index is 1.77. The zero-order chi connectivity index (χ0) is 18.3. The number of fused-ring (bicyclic) bond motifs is 3. The van der Waals surface area contributed by atoms with Crippen LogP contribution in [0.15, 0.2) is 34.8 Å². The van der Waals surface area contributed by atoms with Crippen LogP contribution in [0.4, 0.5) is 10.1 Å². The molecule has 0 bridgehead atoms. The standard InChI is InChI=1S/C20H21BrFNO3/c1-3-25-17-9-11(8-15(21)20(17)24-2)18-13-6-7-26-19(13)14-10-12(22)4-5-16(14)23-18/h4-5,8-10,13,18-19,23H,3,6-7H2,1-2H3/t13-,18-,19-/m0/s1. The number of rotatable bonds is 4. The summed E-state index contributed by atoms with van der Waals surface area (Å²) in [5.41, 5.74) is 2.92. The summed E-state index contributed by atoms with van der Waals surface area (Å²) in [6, 6.07) is 8.99. The summed E-state index contributed by atoms with van der Waals surface area (Å²) in [5, 5.41) is 3.58. The summed E-state index contributed by atoms with van der Waals surface area (Å²) in [7, 11) is 1.63. The molecule has 1 N–H and O–H groups in total. The minimum Gasteiger partial charge on any atom is -0.492 e. The van der Waals surface area contributed by atoms with Crippen LogP contribution in [-0.2, 0) is 4.74 Å². The maximum atomic E-state index is 13.7. The van der Waals surface area contributed by atoms with Gasteiger partial charge in [0.15, 0.2) is 11.5 Å². The highest BCUT2D eigenvalue weighted by Gasteiger charge is 2.42. The van der Waals surface area contributed by atoms with E-state index >= 15 is 0 Å². The average Bonchev–Trinajstić information content (AvgIpc) is 3.11. The van der Waals surface area contributed by atoms with Gasteiger partial charge in [-0.15, -0.1) is 0 Å². The maximum absolute atomic E-state index is 13.7. The summed E-state index contributed by atoms with van der Waals surface area (Å²) in [6.45, 7) is 3.19. The molecule has 2 aliphatic rings. The fourth-order valence-corrected chi connectivity index (χ4v) is 4.62. The Morgan fingerprint density at radius 3 is 2.92 bits per heavy atom. The Hall–Kier alpha value is -1.79. The summed E-state index contributed by atoms with van der Waals surface area (Å²) in [6.07, 6.45) is 0.828. The van der Waals surface area contributed by atoms with Gasteiger partial charge in [0.1, 0.15) is 5.82 Å². The molecule has 0 aromatic heterocycles. The molecule has 138 valence electrons. The molecule has 3 atom stereocenters. The molecule has 4 nitrogen and oxygen atoms in total. The fourth-order valence-electron chi connectivity index (χ4n) is 4.00. The van der Waals surface area contributed by atoms with Crippen LogP contribution < -0.4 is 14.8 Å². The Morgan fingerprint density at radius 1 is 1.31 bits per heavy atom. The van der Waals surface area contributed by atoms with Gasteiger partial charge in [-0.05, 0) is 65.2 Å². The van der Waals surface area contributed by atoms with Crippen LogP contribution in [0, 0.1) is 11.7 Å². The van der Waals surface area contributed by atoms with Crippen LogP contribution in [-0.4, -0.2) is 20.3 Å². The van der Waals surface area contributed by atoms with Gasteiger partial charge >= 0.3 is 0 Å². The van der Waals surface area contributed by atoms with E-state index in [-0.39, 0.29) is 23.9 Å². The molecule has 1 fully saturated rings. The van der Waals surface area contributed by atoms with Crippen LogP contribution in [0.5, 0.6) is 11.5 Å². The van der Waals surface area contributed by atoms with E-state index in [0.717, 1.165) is 27.7 Å². The van der Waals surface area contributed by atoms with E-state index in [9.17, 15) is 4.39 Å². The first-order chi connectivity index (χ1) is 12.6. The molecule has 1 saturated heterocycles. The fraction of sp³-hybridized carbons (Fsp3) is 0.400. The predicted molar refractivity (Wildman–Crippen MR) is 101 cm³/mol. The molecule has 2 heterocycles. The van der Waals surface area contributed by atoms with Crippen molar-refractivity contribution in [1.29, 1.82) is 0 Å². The topological polar surface area (TPSA) is 39.7 Å². The van der Waals surface area contributed by atoms with Gasteiger partial charge in [0.05, 0.1) is 30.3 Å². The number of anilines is 1. The summed E-state index contributed by atoms with van der Waals surface area (Å²) in [5.74, 6) is 1.40. The van der Waals surface area contributed by atoms with E-state index in [4.69, 9.17) is 14.2 Å². The van der Waals surface area contributed by atoms with Crippen molar-refractivity contribution in [3.8, 4) is 11.5 Å². The largest absolute Gasteiger partial charge is 0.492 e. The molecule has 26 heavy (non-hydrogen) atoms. The first-order valence-electron chi connectivity index (χ1n) is 8.80. The van der Waals surface area contributed by atoms with Gasteiger partial charge in [-0.3, -0.25) is 0 Å². The second-order valence-electron chi connectivity index (χ2n) is 6.56. The molecule has 6 heteroatoms. The van der Waals surface area contributed by atoms with Crippen LogP contribution in [0.25, 0.3) is 0 Å². The van der Waals surface area contributed by atoms with Gasteiger partial charge in [-0.2, -0.15) is 0 Å². The normalized spacial score (nSPS) is 23.8. The van der Waals surface area contributed by atoms with E-state index in [0.29, 0.717) is 24.7 Å². The number of hydrogen-bond acceptors (Lipinski definition) is 4. The van der Waals surface area contributed by atoms with E-state index in [1.807, 2.05) is 13.0 Å². The highest BCUT2D eigenvalue weighted by molar-refractivity contribution is 9.10. The average molecular weight is 422 g/mol. The van der Waals surface area contributed by atoms with Crippen molar-refractivity contribution >= 4 is 21.6 Å². The lowest BCUT2D eigenvalue weighted by atomic mass is 9.81. The SMILES string of the molecule is CCOc1cc([C@@H]2Nc3ccc(F)cc3[C@H]3OCC[C@H]32)cc(Br)c1OC.